The van der Waals surface area contributed by atoms with E-state index in [1.165, 1.54) is 0 Å². The molecule has 7 heteroatoms. The van der Waals surface area contributed by atoms with Crippen molar-refractivity contribution in [1.29, 1.82) is 0 Å². The molecule has 0 unspecified atom stereocenters. The minimum absolute atomic E-state index is 0.0855. The molecule has 0 saturated heterocycles. The van der Waals surface area contributed by atoms with Crippen molar-refractivity contribution in [3.63, 3.8) is 0 Å². The number of para-hydroxylation sites is 1. The van der Waals surface area contributed by atoms with Crippen LogP contribution >= 0.6 is 0 Å². The molecule has 0 fully saturated rings. The Balaban J connectivity index is 1.55. The van der Waals surface area contributed by atoms with Crippen LogP contribution in [0.25, 0.3) is 11.3 Å². The van der Waals surface area contributed by atoms with Crippen LogP contribution in [0.1, 0.15) is 5.56 Å². The van der Waals surface area contributed by atoms with Crippen LogP contribution in [-0.4, -0.2) is 29.9 Å². The maximum Gasteiger partial charge on any atom is 0.414 e. The summed E-state index contributed by atoms with van der Waals surface area (Å²) in [6.07, 6.45) is 3.52. The molecule has 2 heterocycles. The number of nitrogens with one attached hydrogen (secondary N) is 1. The summed E-state index contributed by atoms with van der Waals surface area (Å²) in [7, 11) is 1.57. The van der Waals surface area contributed by atoms with Gasteiger partial charge in [0.25, 0.3) is 5.88 Å². The van der Waals surface area contributed by atoms with Gasteiger partial charge in [-0.15, -0.1) is 0 Å². The monoisotopic (exact) mass is 339 g/mol. The molecule has 128 valence electrons. The Morgan fingerprint density at radius 3 is 2.80 bits per heavy atom. The Hall–Kier alpha value is -3.35. The average Bonchev–Trinajstić information content (AvgIpc) is 3.10. The van der Waals surface area contributed by atoms with Gasteiger partial charge in [0.2, 0.25) is 0 Å². The summed E-state index contributed by atoms with van der Waals surface area (Å²) in [6.45, 7) is 0.445. The maximum absolute atomic E-state index is 11.8. The minimum Gasteiger partial charge on any atom is -0.496 e. The van der Waals surface area contributed by atoms with E-state index in [9.17, 15) is 4.79 Å². The Labute approximate surface area is 144 Å². The first-order valence-corrected chi connectivity index (χ1v) is 7.71. The molecule has 0 bridgehead atoms. The van der Waals surface area contributed by atoms with Crippen LogP contribution in [0.5, 0.6) is 11.6 Å². The first-order valence-electron chi connectivity index (χ1n) is 7.71. The first kappa shape index (κ1) is 16.5. The molecule has 1 N–H and O–H groups in total. The molecule has 0 aliphatic heterocycles. The molecule has 7 nitrogen and oxygen atoms in total. The van der Waals surface area contributed by atoms with Gasteiger partial charge < -0.3 is 19.3 Å². The third-order valence-electron chi connectivity index (χ3n) is 3.49. The molecule has 3 aromatic rings. The first-order chi connectivity index (χ1) is 12.3. The standard InChI is InChI=1S/C18H17N3O4/c1-23-15-5-3-2-4-14(15)16-12-17(21-25-16)24-18(22)20-11-8-13-6-9-19-10-7-13/h2-7,9-10,12H,8,11H2,1H3,(H,20,22). The van der Waals surface area contributed by atoms with Gasteiger partial charge in [-0.05, 0) is 41.4 Å². The molecule has 25 heavy (non-hydrogen) atoms. The van der Waals surface area contributed by atoms with E-state index in [4.69, 9.17) is 14.0 Å². The second-order valence-corrected chi connectivity index (χ2v) is 5.15. The van der Waals surface area contributed by atoms with Gasteiger partial charge >= 0.3 is 6.09 Å². The quantitative estimate of drug-likeness (QED) is 0.743. The summed E-state index contributed by atoms with van der Waals surface area (Å²) in [4.78, 5) is 15.8. The molecular weight excluding hydrogens is 322 g/mol. The van der Waals surface area contributed by atoms with Crippen LogP contribution in [0, 0.1) is 0 Å². The van der Waals surface area contributed by atoms with E-state index < -0.39 is 6.09 Å². The van der Waals surface area contributed by atoms with Gasteiger partial charge in [0.05, 0.1) is 18.7 Å². The molecular formula is C18H17N3O4. The lowest BCUT2D eigenvalue weighted by Crippen LogP contribution is -2.28. The molecule has 3 rings (SSSR count). The van der Waals surface area contributed by atoms with Gasteiger partial charge in [-0.2, -0.15) is 0 Å². The SMILES string of the molecule is COc1ccccc1-c1cc(OC(=O)NCCc2ccncc2)no1. The van der Waals surface area contributed by atoms with Crippen molar-refractivity contribution in [2.45, 2.75) is 6.42 Å². The average molecular weight is 339 g/mol. The van der Waals surface area contributed by atoms with Gasteiger partial charge in [-0.3, -0.25) is 4.98 Å². The second-order valence-electron chi connectivity index (χ2n) is 5.15. The highest BCUT2D eigenvalue weighted by atomic mass is 16.6. The number of nitrogens with zero attached hydrogens (tertiary/aromatic N) is 2. The van der Waals surface area contributed by atoms with Gasteiger partial charge in [0.1, 0.15) is 5.75 Å². The summed E-state index contributed by atoms with van der Waals surface area (Å²) in [6, 6.07) is 12.7. The number of hydrogen-bond donors (Lipinski definition) is 1. The molecule has 2 aromatic heterocycles. The molecule has 0 saturated carbocycles. The summed E-state index contributed by atoms with van der Waals surface area (Å²) in [5.74, 6) is 1.19. The number of rotatable bonds is 6. The highest BCUT2D eigenvalue weighted by Crippen LogP contribution is 2.31. The van der Waals surface area contributed by atoms with E-state index in [1.807, 2.05) is 36.4 Å². The zero-order chi connectivity index (χ0) is 17.5. The lowest BCUT2D eigenvalue weighted by Gasteiger charge is -2.04. The van der Waals surface area contributed by atoms with Crippen LogP contribution in [0.2, 0.25) is 0 Å². The van der Waals surface area contributed by atoms with Crippen LogP contribution in [0.15, 0.2) is 59.4 Å². The number of ether oxygens (including phenoxy) is 2. The predicted octanol–water partition coefficient (Wildman–Crippen LogP) is 3.08. The molecule has 1 amide bonds. The highest BCUT2D eigenvalue weighted by molar-refractivity contribution is 5.71. The van der Waals surface area contributed by atoms with Crippen LogP contribution in [0.4, 0.5) is 4.79 Å². The van der Waals surface area contributed by atoms with Crippen molar-refractivity contribution in [2.24, 2.45) is 0 Å². The number of amides is 1. The van der Waals surface area contributed by atoms with Crippen molar-refractivity contribution in [3.05, 3.63) is 60.4 Å². The summed E-state index contributed by atoms with van der Waals surface area (Å²) < 4.78 is 15.6. The Bertz CT molecular complexity index is 833. The summed E-state index contributed by atoms with van der Waals surface area (Å²) in [5, 5.41) is 6.42. The predicted molar refractivity (Wildman–Crippen MR) is 90.5 cm³/mol. The number of carbonyl (C=O) groups excluding carboxylic acids is 1. The van der Waals surface area contributed by atoms with Gasteiger partial charge in [-0.1, -0.05) is 12.1 Å². The molecule has 0 atom stereocenters. The third-order valence-corrected chi connectivity index (χ3v) is 3.49. The van der Waals surface area contributed by atoms with Crippen LogP contribution in [0.3, 0.4) is 0 Å². The number of aromatic nitrogens is 2. The van der Waals surface area contributed by atoms with E-state index >= 15 is 0 Å². The Morgan fingerprint density at radius 1 is 1.20 bits per heavy atom. The Kier molecular flexibility index (Phi) is 5.26. The second kappa shape index (κ2) is 7.96. The van der Waals surface area contributed by atoms with E-state index in [0.717, 1.165) is 11.1 Å². The normalized spacial score (nSPS) is 10.3. The van der Waals surface area contributed by atoms with E-state index in [2.05, 4.69) is 15.5 Å². The van der Waals surface area contributed by atoms with Gasteiger partial charge in [0, 0.05) is 18.9 Å². The zero-order valence-electron chi connectivity index (χ0n) is 13.6. The van der Waals surface area contributed by atoms with Crippen molar-refractivity contribution >= 4 is 6.09 Å². The fourth-order valence-electron chi connectivity index (χ4n) is 2.27. The Morgan fingerprint density at radius 2 is 2.00 bits per heavy atom. The zero-order valence-corrected chi connectivity index (χ0v) is 13.6. The lowest BCUT2D eigenvalue weighted by molar-refractivity contribution is 0.196. The maximum atomic E-state index is 11.8. The molecule has 0 aliphatic carbocycles. The van der Waals surface area contributed by atoms with E-state index in [-0.39, 0.29) is 5.88 Å². The molecule has 0 spiro atoms. The van der Waals surface area contributed by atoms with Gasteiger partial charge in [-0.25, -0.2) is 4.79 Å². The largest absolute Gasteiger partial charge is 0.496 e. The number of hydrogen-bond acceptors (Lipinski definition) is 6. The highest BCUT2D eigenvalue weighted by Gasteiger charge is 2.14. The van der Waals surface area contributed by atoms with E-state index in [1.54, 1.807) is 25.6 Å². The van der Waals surface area contributed by atoms with Crippen molar-refractivity contribution in [2.75, 3.05) is 13.7 Å². The summed E-state index contributed by atoms with van der Waals surface area (Å²) >= 11 is 0. The number of benzene rings is 1. The molecule has 0 aliphatic rings. The van der Waals surface area contributed by atoms with Crippen molar-refractivity contribution in [3.8, 4) is 23.0 Å². The smallest absolute Gasteiger partial charge is 0.414 e. The fourth-order valence-corrected chi connectivity index (χ4v) is 2.27. The minimum atomic E-state index is -0.589. The number of carbonyl (C=O) groups is 1. The number of pyridine rings is 1. The molecule has 0 radical (unpaired) electrons. The molecule has 1 aromatic carbocycles. The van der Waals surface area contributed by atoms with E-state index in [0.29, 0.717) is 24.5 Å². The lowest BCUT2D eigenvalue weighted by atomic mass is 10.1. The van der Waals surface area contributed by atoms with Crippen LogP contribution < -0.4 is 14.8 Å². The van der Waals surface area contributed by atoms with Crippen LogP contribution in [-0.2, 0) is 6.42 Å². The number of methoxy groups -OCH3 is 1. The topological polar surface area (TPSA) is 86.5 Å². The summed E-state index contributed by atoms with van der Waals surface area (Å²) in [5.41, 5.74) is 1.81. The third kappa shape index (κ3) is 4.35. The van der Waals surface area contributed by atoms with Crippen molar-refractivity contribution in [1.82, 2.24) is 15.5 Å². The fraction of sp³-hybridized carbons (Fsp3) is 0.167. The van der Waals surface area contributed by atoms with Crippen molar-refractivity contribution < 1.29 is 18.8 Å². The van der Waals surface area contributed by atoms with Gasteiger partial charge in [0.15, 0.2) is 5.76 Å².